The number of halogens is 3. The third-order valence-corrected chi connectivity index (χ3v) is 1.37. The molecule has 0 radical (unpaired) electrons. The molecule has 1 aromatic rings. The van der Waals surface area contributed by atoms with E-state index in [1.54, 1.807) is 13.0 Å². The normalized spacial score (nSPS) is 11.0. The smallest absolute Gasteiger partial charge is 0.194 e. The molecule has 0 fully saturated rings. The minimum absolute atomic E-state index is 0.314. The minimum atomic E-state index is -1.43. The second-order valence-electron chi connectivity index (χ2n) is 2.30. The minimum Gasteiger partial charge on any atom is -0.204 e. The van der Waals surface area contributed by atoms with E-state index in [2.05, 4.69) is 0 Å². The van der Waals surface area contributed by atoms with Crippen LogP contribution in [-0.2, 0) is 0 Å². The molecule has 0 atom stereocenters. The second-order valence-corrected chi connectivity index (χ2v) is 2.30. The van der Waals surface area contributed by atoms with E-state index in [4.69, 9.17) is 0 Å². The zero-order chi connectivity index (χ0) is 9.14. The molecule has 0 aromatic heterocycles. The average Bonchev–Trinajstić information content (AvgIpc) is 2.01. The monoisotopic (exact) mass is 172 g/mol. The van der Waals surface area contributed by atoms with Crippen molar-refractivity contribution < 1.29 is 13.2 Å². The van der Waals surface area contributed by atoms with Gasteiger partial charge in [0.2, 0.25) is 0 Å². The van der Waals surface area contributed by atoms with Crippen molar-refractivity contribution in [3.05, 3.63) is 41.2 Å². The zero-order valence-corrected chi connectivity index (χ0v) is 6.44. The number of hydrogen-bond donors (Lipinski definition) is 0. The quantitative estimate of drug-likeness (QED) is 0.571. The maximum absolute atomic E-state index is 12.5. The summed E-state index contributed by atoms with van der Waals surface area (Å²) in [5.41, 5.74) is 0.314. The Morgan fingerprint density at radius 1 is 1.08 bits per heavy atom. The van der Waals surface area contributed by atoms with Crippen LogP contribution in [0, 0.1) is 17.5 Å². The van der Waals surface area contributed by atoms with Gasteiger partial charge in [-0.3, -0.25) is 0 Å². The lowest BCUT2D eigenvalue weighted by atomic mass is 10.2. The molecule has 1 rings (SSSR count). The summed E-state index contributed by atoms with van der Waals surface area (Å²) in [6.07, 6.45) is 3.11. The molecular weight excluding hydrogens is 165 g/mol. The van der Waals surface area contributed by atoms with Crippen LogP contribution in [0.5, 0.6) is 0 Å². The predicted octanol–water partition coefficient (Wildman–Crippen LogP) is 3.14. The van der Waals surface area contributed by atoms with Gasteiger partial charge in [0, 0.05) is 0 Å². The van der Waals surface area contributed by atoms with Crippen molar-refractivity contribution in [2.45, 2.75) is 6.92 Å². The van der Waals surface area contributed by atoms with Crippen molar-refractivity contribution in [2.75, 3.05) is 0 Å². The fraction of sp³-hybridized carbons (Fsp3) is 0.111. The fourth-order valence-electron chi connectivity index (χ4n) is 0.864. The molecule has 0 N–H and O–H groups in total. The third-order valence-electron chi connectivity index (χ3n) is 1.37. The Bertz CT molecular complexity index is 293. The molecule has 0 saturated carbocycles. The van der Waals surface area contributed by atoms with Gasteiger partial charge in [0.05, 0.1) is 0 Å². The highest BCUT2D eigenvalue weighted by atomic mass is 19.2. The van der Waals surface area contributed by atoms with Gasteiger partial charge in [-0.1, -0.05) is 12.2 Å². The SMILES string of the molecule is C/C=C/c1cc(F)c(F)c(F)c1. The topological polar surface area (TPSA) is 0 Å². The van der Waals surface area contributed by atoms with Gasteiger partial charge in [-0.25, -0.2) is 13.2 Å². The van der Waals surface area contributed by atoms with Crippen molar-refractivity contribution in [1.82, 2.24) is 0 Å². The highest BCUT2D eigenvalue weighted by Gasteiger charge is 2.08. The van der Waals surface area contributed by atoms with Crippen LogP contribution in [-0.4, -0.2) is 0 Å². The first-order valence-electron chi connectivity index (χ1n) is 3.42. The van der Waals surface area contributed by atoms with E-state index in [1.165, 1.54) is 6.08 Å². The number of benzene rings is 1. The van der Waals surface area contributed by atoms with Gasteiger partial charge >= 0.3 is 0 Å². The fourth-order valence-corrected chi connectivity index (χ4v) is 0.864. The number of allylic oxidation sites excluding steroid dienone is 1. The van der Waals surface area contributed by atoms with Crippen LogP contribution in [0.2, 0.25) is 0 Å². The van der Waals surface area contributed by atoms with Crippen LogP contribution in [0.15, 0.2) is 18.2 Å². The van der Waals surface area contributed by atoms with Crippen LogP contribution in [0.25, 0.3) is 6.08 Å². The summed E-state index contributed by atoms with van der Waals surface area (Å²) in [6, 6.07) is 1.89. The molecule has 0 aliphatic rings. The molecule has 0 bridgehead atoms. The Balaban J connectivity index is 3.21. The van der Waals surface area contributed by atoms with Crippen molar-refractivity contribution >= 4 is 6.08 Å². The van der Waals surface area contributed by atoms with Gasteiger partial charge in [0.15, 0.2) is 17.5 Å². The highest BCUT2D eigenvalue weighted by Crippen LogP contribution is 2.14. The highest BCUT2D eigenvalue weighted by molar-refractivity contribution is 5.48. The Morgan fingerprint density at radius 2 is 1.58 bits per heavy atom. The van der Waals surface area contributed by atoms with Crippen molar-refractivity contribution in [1.29, 1.82) is 0 Å². The molecule has 0 nitrogen and oxygen atoms in total. The summed E-state index contributed by atoms with van der Waals surface area (Å²) in [5, 5.41) is 0. The Morgan fingerprint density at radius 3 is 2.00 bits per heavy atom. The van der Waals surface area contributed by atoms with E-state index in [0.717, 1.165) is 12.1 Å². The van der Waals surface area contributed by atoms with Gasteiger partial charge < -0.3 is 0 Å². The molecule has 0 spiro atoms. The molecule has 12 heavy (non-hydrogen) atoms. The molecule has 0 aliphatic heterocycles. The standard InChI is InChI=1S/C9H7F3/c1-2-3-6-4-7(10)9(12)8(11)5-6/h2-5H,1H3/b3-2+. The lowest BCUT2D eigenvalue weighted by Crippen LogP contribution is -1.90. The third kappa shape index (κ3) is 1.67. The van der Waals surface area contributed by atoms with Crippen LogP contribution in [0.3, 0.4) is 0 Å². The molecular formula is C9H7F3. The van der Waals surface area contributed by atoms with Crippen molar-refractivity contribution in [3.63, 3.8) is 0 Å². The van der Waals surface area contributed by atoms with E-state index in [0.29, 0.717) is 5.56 Å². The largest absolute Gasteiger partial charge is 0.204 e. The first kappa shape index (κ1) is 8.84. The molecule has 0 heterocycles. The average molecular weight is 172 g/mol. The van der Waals surface area contributed by atoms with Crippen LogP contribution in [0.1, 0.15) is 12.5 Å². The maximum atomic E-state index is 12.5. The maximum Gasteiger partial charge on any atom is 0.194 e. The van der Waals surface area contributed by atoms with E-state index < -0.39 is 17.5 Å². The van der Waals surface area contributed by atoms with Crippen molar-refractivity contribution in [2.24, 2.45) is 0 Å². The second kappa shape index (κ2) is 3.43. The zero-order valence-electron chi connectivity index (χ0n) is 6.44. The molecule has 0 aliphatic carbocycles. The van der Waals surface area contributed by atoms with Gasteiger partial charge in [-0.15, -0.1) is 0 Å². The Kier molecular flexibility index (Phi) is 2.53. The predicted molar refractivity (Wildman–Crippen MR) is 41.0 cm³/mol. The van der Waals surface area contributed by atoms with E-state index >= 15 is 0 Å². The number of hydrogen-bond acceptors (Lipinski definition) is 0. The van der Waals surface area contributed by atoms with Gasteiger partial charge in [0.25, 0.3) is 0 Å². The molecule has 64 valence electrons. The van der Waals surface area contributed by atoms with E-state index in [9.17, 15) is 13.2 Å². The first-order chi connectivity index (χ1) is 5.65. The Labute approximate surface area is 68.3 Å². The summed E-state index contributed by atoms with van der Waals surface area (Å²) in [5.74, 6) is -3.76. The summed E-state index contributed by atoms with van der Waals surface area (Å²) >= 11 is 0. The van der Waals surface area contributed by atoms with Crippen LogP contribution in [0.4, 0.5) is 13.2 Å². The summed E-state index contributed by atoms with van der Waals surface area (Å²) in [4.78, 5) is 0. The number of rotatable bonds is 1. The summed E-state index contributed by atoms with van der Waals surface area (Å²) in [6.45, 7) is 1.71. The first-order valence-corrected chi connectivity index (χ1v) is 3.42. The lowest BCUT2D eigenvalue weighted by Gasteiger charge is -1.96. The molecule has 0 amide bonds. The van der Waals surface area contributed by atoms with Crippen LogP contribution < -0.4 is 0 Å². The summed E-state index contributed by atoms with van der Waals surface area (Å²) < 4.78 is 37.4. The van der Waals surface area contributed by atoms with Gasteiger partial charge in [0.1, 0.15) is 0 Å². The molecule has 0 saturated heterocycles. The van der Waals surface area contributed by atoms with Gasteiger partial charge in [-0.2, -0.15) is 0 Å². The van der Waals surface area contributed by atoms with Crippen LogP contribution >= 0.6 is 0 Å². The molecule has 1 aromatic carbocycles. The van der Waals surface area contributed by atoms with E-state index in [-0.39, 0.29) is 0 Å². The van der Waals surface area contributed by atoms with Crippen molar-refractivity contribution in [3.8, 4) is 0 Å². The summed E-state index contributed by atoms with van der Waals surface area (Å²) in [7, 11) is 0. The molecule has 0 unspecified atom stereocenters. The van der Waals surface area contributed by atoms with Gasteiger partial charge in [-0.05, 0) is 24.6 Å². The van der Waals surface area contributed by atoms with E-state index in [1.807, 2.05) is 0 Å². The Hall–Kier alpha value is -1.25. The lowest BCUT2D eigenvalue weighted by molar-refractivity contribution is 0.447. The molecule has 3 heteroatoms.